The molecule has 0 radical (unpaired) electrons. The Kier molecular flexibility index (Phi) is 7.56. The quantitative estimate of drug-likeness (QED) is 0.780. The number of amides is 3. The van der Waals surface area contributed by atoms with Gasteiger partial charge in [0.2, 0.25) is 5.91 Å². The molecule has 1 aromatic rings. The Hall–Kier alpha value is -2.44. The van der Waals surface area contributed by atoms with Crippen LogP contribution in [0, 0.1) is 0 Å². The van der Waals surface area contributed by atoms with Gasteiger partial charge in [-0.25, -0.2) is 4.79 Å². The van der Waals surface area contributed by atoms with Gasteiger partial charge >= 0.3 is 6.03 Å². The van der Waals surface area contributed by atoms with Crippen LogP contribution in [0.15, 0.2) is 18.2 Å². The van der Waals surface area contributed by atoms with Gasteiger partial charge in [-0.3, -0.25) is 4.79 Å². The average molecular weight is 363 g/mol. The predicted molar refractivity (Wildman–Crippen MR) is 101 cm³/mol. The Balaban J connectivity index is 1.82. The first-order chi connectivity index (χ1) is 12.6. The summed E-state index contributed by atoms with van der Waals surface area (Å²) in [6, 6.07) is 5.28. The SMILES string of the molecule is CCCCC(=O)NC1CCN(C(=O)Nc2ccc(OC)c(OC)c2)CC1. The summed E-state index contributed by atoms with van der Waals surface area (Å²) in [6.07, 6.45) is 4.06. The molecule has 2 N–H and O–H groups in total. The van der Waals surface area contributed by atoms with Crippen molar-refractivity contribution in [3.63, 3.8) is 0 Å². The zero-order chi connectivity index (χ0) is 18.9. The number of carbonyl (C=O) groups excluding carboxylic acids is 2. The van der Waals surface area contributed by atoms with Crippen LogP contribution in [-0.2, 0) is 4.79 Å². The lowest BCUT2D eigenvalue weighted by Gasteiger charge is -2.32. The zero-order valence-corrected chi connectivity index (χ0v) is 15.8. The van der Waals surface area contributed by atoms with E-state index in [1.807, 2.05) is 0 Å². The standard InChI is InChI=1S/C19H29N3O4/c1-4-5-6-18(23)20-14-9-11-22(12-10-14)19(24)21-15-7-8-16(25-2)17(13-15)26-3/h7-8,13-14H,4-6,9-12H2,1-3H3,(H,20,23)(H,21,24). The van der Waals surface area contributed by atoms with Gasteiger partial charge in [-0.1, -0.05) is 13.3 Å². The summed E-state index contributed by atoms with van der Waals surface area (Å²) in [7, 11) is 3.13. The fourth-order valence-corrected chi connectivity index (χ4v) is 2.98. The number of ether oxygens (including phenoxy) is 2. The maximum absolute atomic E-state index is 12.4. The van der Waals surface area contributed by atoms with E-state index in [4.69, 9.17) is 9.47 Å². The number of methoxy groups -OCH3 is 2. The van der Waals surface area contributed by atoms with Gasteiger partial charge in [0.25, 0.3) is 0 Å². The second kappa shape index (κ2) is 9.89. The number of hydrogen-bond donors (Lipinski definition) is 2. The molecule has 7 nitrogen and oxygen atoms in total. The van der Waals surface area contributed by atoms with Gasteiger partial charge in [-0.2, -0.15) is 0 Å². The third-order valence-corrected chi connectivity index (χ3v) is 4.54. The van der Waals surface area contributed by atoms with Crippen molar-refractivity contribution >= 4 is 17.6 Å². The molecule has 1 fully saturated rings. The van der Waals surface area contributed by atoms with Gasteiger partial charge in [-0.15, -0.1) is 0 Å². The monoisotopic (exact) mass is 363 g/mol. The third-order valence-electron chi connectivity index (χ3n) is 4.54. The van der Waals surface area contributed by atoms with E-state index in [9.17, 15) is 9.59 Å². The lowest BCUT2D eigenvalue weighted by atomic mass is 10.0. The second-order valence-electron chi connectivity index (χ2n) is 6.43. The largest absolute Gasteiger partial charge is 0.493 e. The van der Waals surface area contributed by atoms with Crippen molar-refractivity contribution in [1.82, 2.24) is 10.2 Å². The van der Waals surface area contributed by atoms with E-state index in [0.717, 1.165) is 25.7 Å². The maximum Gasteiger partial charge on any atom is 0.321 e. The van der Waals surface area contributed by atoms with Crippen molar-refractivity contribution in [3.05, 3.63) is 18.2 Å². The summed E-state index contributed by atoms with van der Waals surface area (Å²) in [5, 5.41) is 5.95. The molecule has 3 amide bonds. The minimum absolute atomic E-state index is 0.111. The van der Waals surface area contributed by atoms with Crippen LogP contribution in [0.5, 0.6) is 11.5 Å². The Morgan fingerprint density at radius 1 is 1.15 bits per heavy atom. The van der Waals surface area contributed by atoms with Crippen molar-refractivity contribution in [2.45, 2.75) is 45.1 Å². The summed E-state index contributed by atoms with van der Waals surface area (Å²) in [5.41, 5.74) is 0.655. The highest BCUT2D eigenvalue weighted by Gasteiger charge is 2.24. The van der Waals surface area contributed by atoms with Crippen LogP contribution in [0.2, 0.25) is 0 Å². The number of piperidine rings is 1. The summed E-state index contributed by atoms with van der Waals surface area (Å²) < 4.78 is 10.5. The first-order valence-corrected chi connectivity index (χ1v) is 9.14. The van der Waals surface area contributed by atoms with Gasteiger partial charge in [0.15, 0.2) is 11.5 Å². The number of nitrogens with zero attached hydrogens (tertiary/aromatic N) is 1. The van der Waals surface area contributed by atoms with Crippen LogP contribution in [0.4, 0.5) is 10.5 Å². The fraction of sp³-hybridized carbons (Fsp3) is 0.579. The first-order valence-electron chi connectivity index (χ1n) is 9.14. The molecule has 0 atom stereocenters. The normalized spacial score (nSPS) is 14.7. The number of unbranched alkanes of at least 4 members (excludes halogenated alkanes) is 1. The Morgan fingerprint density at radius 3 is 2.46 bits per heavy atom. The van der Waals surface area contributed by atoms with Crippen LogP contribution in [0.3, 0.4) is 0 Å². The van der Waals surface area contributed by atoms with E-state index < -0.39 is 0 Å². The molecule has 0 aromatic heterocycles. The number of hydrogen-bond acceptors (Lipinski definition) is 4. The Labute approximate surface area is 155 Å². The molecular formula is C19H29N3O4. The smallest absolute Gasteiger partial charge is 0.321 e. The molecule has 0 spiro atoms. The van der Waals surface area contributed by atoms with Crippen LogP contribution < -0.4 is 20.1 Å². The van der Waals surface area contributed by atoms with E-state index in [1.165, 1.54) is 0 Å². The molecule has 0 bridgehead atoms. The molecule has 26 heavy (non-hydrogen) atoms. The molecule has 0 unspecified atom stereocenters. The Bertz CT molecular complexity index is 613. The molecule has 1 saturated heterocycles. The van der Waals surface area contributed by atoms with Crippen molar-refractivity contribution in [1.29, 1.82) is 0 Å². The first kappa shape index (κ1) is 19.9. The van der Waals surface area contributed by atoms with E-state index >= 15 is 0 Å². The maximum atomic E-state index is 12.4. The molecule has 1 aliphatic rings. The van der Waals surface area contributed by atoms with Crippen molar-refractivity contribution in [2.24, 2.45) is 0 Å². The third kappa shape index (κ3) is 5.54. The highest BCUT2D eigenvalue weighted by Crippen LogP contribution is 2.29. The minimum Gasteiger partial charge on any atom is -0.493 e. The summed E-state index contributed by atoms with van der Waals surface area (Å²) in [4.78, 5) is 26.0. The van der Waals surface area contributed by atoms with Crippen LogP contribution in [0.25, 0.3) is 0 Å². The second-order valence-corrected chi connectivity index (χ2v) is 6.43. The highest BCUT2D eigenvalue weighted by atomic mass is 16.5. The lowest BCUT2D eigenvalue weighted by molar-refractivity contribution is -0.122. The highest BCUT2D eigenvalue weighted by molar-refractivity contribution is 5.89. The lowest BCUT2D eigenvalue weighted by Crippen LogP contribution is -2.47. The van der Waals surface area contributed by atoms with Gasteiger partial charge in [-0.05, 0) is 31.4 Å². The van der Waals surface area contributed by atoms with E-state index in [1.54, 1.807) is 37.3 Å². The number of nitrogens with one attached hydrogen (secondary N) is 2. The summed E-state index contributed by atoms with van der Waals surface area (Å²) in [5.74, 6) is 1.30. The molecule has 1 heterocycles. The van der Waals surface area contributed by atoms with Gasteiger partial charge in [0, 0.05) is 37.3 Å². The minimum atomic E-state index is -0.145. The zero-order valence-electron chi connectivity index (χ0n) is 15.8. The van der Waals surface area contributed by atoms with Crippen molar-refractivity contribution < 1.29 is 19.1 Å². The topological polar surface area (TPSA) is 79.9 Å². The van der Waals surface area contributed by atoms with Gasteiger partial charge in [0.1, 0.15) is 0 Å². The van der Waals surface area contributed by atoms with Crippen molar-refractivity contribution in [3.8, 4) is 11.5 Å². The molecule has 144 valence electrons. The van der Waals surface area contributed by atoms with Crippen molar-refractivity contribution in [2.75, 3.05) is 32.6 Å². The molecule has 7 heteroatoms. The molecule has 1 aliphatic heterocycles. The molecule has 0 aliphatic carbocycles. The average Bonchev–Trinajstić information content (AvgIpc) is 2.66. The predicted octanol–water partition coefficient (Wildman–Crippen LogP) is 3.01. The van der Waals surface area contributed by atoms with E-state index in [-0.39, 0.29) is 18.0 Å². The van der Waals surface area contributed by atoms with Gasteiger partial charge in [0.05, 0.1) is 14.2 Å². The number of rotatable bonds is 7. The number of likely N-dealkylation sites (tertiary alicyclic amines) is 1. The van der Waals surface area contributed by atoms with E-state index in [0.29, 0.717) is 36.7 Å². The van der Waals surface area contributed by atoms with Crippen LogP contribution in [0.1, 0.15) is 39.0 Å². The number of carbonyl (C=O) groups is 2. The van der Waals surface area contributed by atoms with Crippen LogP contribution >= 0.6 is 0 Å². The number of urea groups is 1. The molecule has 2 rings (SSSR count). The van der Waals surface area contributed by atoms with E-state index in [2.05, 4.69) is 17.6 Å². The number of benzene rings is 1. The summed E-state index contributed by atoms with van der Waals surface area (Å²) in [6.45, 7) is 3.32. The molecule has 1 aromatic carbocycles. The fourth-order valence-electron chi connectivity index (χ4n) is 2.98. The number of anilines is 1. The van der Waals surface area contributed by atoms with Gasteiger partial charge < -0.3 is 25.0 Å². The molecular weight excluding hydrogens is 334 g/mol. The molecule has 0 saturated carbocycles. The Morgan fingerprint density at radius 2 is 1.85 bits per heavy atom. The summed E-state index contributed by atoms with van der Waals surface area (Å²) >= 11 is 0. The van der Waals surface area contributed by atoms with Crippen LogP contribution in [-0.4, -0.2) is 50.2 Å².